The molecule has 0 fully saturated rings. The quantitative estimate of drug-likeness (QED) is 0.922. The number of aryl methyl sites for hydroxylation is 2. The molecular weight excluding hydrogens is 251 g/mol. The summed E-state index contributed by atoms with van der Waals surface area (Å²) >= 11 is 0. The molecule has 0 saturated heterocycles. The van der Waals surface area contributed by atoms with Gasteiger partial charge in [0.25, 0.3) is 0 Å². The molecule has 0 saturated carbocycles. The molecule has 3 rings (SSSR count). The molecule has 0 amide bonds. The third kappa shape index (κ3) is 2.59. The minimum Gasteiger partial charge on any atom is -0.311 e. The summed E-state index contributed by atoms with van der Waals surface area (Å²) in [6.45, 7) is 0. The Hall–Kier alpha value is -1.74. The van der Waals surface area contributed by atoms with Gasteiger partial charge in [0.2, 0.25) is 0 Å². The van der Waals surface area contributed by atoms with Crippen LogP contribution in [0, 0.1) is 5.82 Å². The van der Waals surface area contributed by atoms with E-state index in [9.17, 15) is 4.39 Å². The van der Waals surface area contributed by atoms with Crippen molar-refractivity contribution in [2.75, 3.05) is 7.05 Å². The van der Waals surface area contributed by atoms with E-state index in [2.05, 4.69) is 28.5 Å². The fourth-order valence-electron chi connectivity index (χ4n) is 2.98. The van der Waals surface area contributed by atoms with Crippen LogP contribution >= 0.6 is 0 Å². The standard InChI is InChI=1S/C17H19FN2/c1-19-16(17-15(18)6-3-9-20-17)11-12-7-8-13-4-2-5-14(13)10-12/h3,6-10,16,19H,2,4-5,11H2,1H3. The second-order valence-corrected chi connectivity index (χ2v) is 5.37. The molecule has 3 heteroatoms. The zero-order valence-electron chi connectivity index (χ0n) is 11.7. The third-order valence-electron chi connectivity index (χ3n) is 4.07. The van der Waals surface area contributed by atoms with E-state index in [1.165, 1.54) is 42.0 Å². The number of benzene rings is 1. The van der Waals surface area contributed by atoms with Crippen LogP contribution in [0.3, 0.4) is 0 Å². The highest BCUT2D eigenvalue weighted by atomic mass is 19.1. The summed E-state index contributed by atoms with van der Waals surface area (Å²) in [6, 6.07) is 9.66. The van der Waals surface area contributed by atoms with E-state index < -0.39 is 0 Å². The second kappa shape index (κ2) is 5.71. The van der Waals surface area contributed by atoms with E-state index in [4.69, 9.17) is 0 Å². The van der Waals surface area contributed by atoms with Crippen LogP contribution < -0.4 is 5.32 Å². The molecule has 1 unspecified atom stereocenters. The van der Waals surface area contributed by atoms with Gasteiger partial charge >= 0.3 is 0 Å². The molecule has 0 bridgehead atoms. The molecule has 0 spiro atoms. The lowest BCUT2D eigenvalue weighted by molar-refractivity contribution is 0.516. The Morgan fingerprint density at radius 1 is 1.25 bits per heavy atom. The van der Waals surface area contributed by atoms with Crippen LogP contribution in [0.1, 0.15) is 34.8 Å². The van der Waals surface area contributed by atoms with Gasteiger partial charge < -0.3 is 5.32 Å². The number of nitrogens with zero attached hydrogens (tertiary/aromatic N) is 1. The van der Waals surface area contributed by atoms with Crippen LogP contribution in [0.2, 0.25) is 0 Å². The van der Waals surface area contributed by atoms with E-state index in [1.807, 2.05) is 7.05 Å². The first-order valence-corrected chi connectivity index (χ1v) is 7.16. The summed E-state index contributed by atoms with van der Waals surface area (Å²) in [4.78, 5) is 4.18. The molecule has 1 aromatic heterocycles. The normalized spacial score (nSPS) is 15.1. The van der Waals surface area contributed by atoms with Crippen molar-refractivity contribution < 1.29 is 4.39 Å². The van der Waals surface area contributed by atoms with E-state index in [-0.39, 0.29) is 11.9 Å². The van der Waals surface area contributed by atoms with Crippen LogP contribution in [0.15, 0.2) is 36.5 Å². The SMILES string of the molecule is CNC(Cc1ccc2c(c1)CCC2)c1ncccc1F. The first kappa shape index (κ1) is 13.3. The molecule has 1 N–H and O–H groups in total. The largest absolute Gasteiger partial charge is 0.311 e. The molecule has 1 heterocycles. The van der Waals surface area contributed by atoms with E-state index in [0.29, 0.717) is 5.69 Å². The lowest BCUT2D eigenvalue weighted by Crippen LogP contribution is -2.21. The summed E-state index contributed by atoms with van der Waals surface area (Å²) in [5.41, 5.74) is 4.67. The van der Waals surface area contributed by atoms with Gasteiger partial charge in [0.05, 0.1) is 11.7 Å². The van der Waals surface area contributed by atoms with Crippen LogP contribution in [0.4, 0.5) is 4.39 Å². The predicted molar refractivity (Wildman–Crippen MR) is 78.2 cm³/mol. The predicted octanol–water partition coefficient (Wildman–Crippen LogP) is 3.21. The van der Waals surface area contributed by atoms with Crippen LogP contribution in [0.25, 0.3) is 0 Å². The van der Waals surface area contributed by atoms with Gasteiger partial charge in [-0.05, 0) is 61.6 Å². The first-order chi connectivity index (χ1) is 9.78. The number of rotatable bonds is 4. The summed E-state index contributed by atoms with van der Waals surface area (Å²) in [7, 11) is 1.85. The number of likely N-dealkylation sites (N-methyl/N-ethyl adjacent to an activating group) is 1. The zero-order valence-corrected chi connectivity index (χ0v) is 11.7. The highest BCUT2D eigenvalue weighted by molar-refractivity contribution is 5.36. The van der Waals surface area contributed by atoms with Gasteiger partial charge in [-0.1, -0.05) is 18.2 Å². The molecule has 20 heavy (non-hydrogen) atoms. The molecule has 2 nitrogen and oxygen atoms in total. The van der Waals surface area contributed by atoms with Crippen LogP contribution in [-0.2, 0) is 19.3 Å². The Bertz CT molecular complexity index is 610. The molecule has 1 aliphatic carbocycles. The van der Waals surface area contributed by atoms with Crippen molar-refractivity contribution in [3.63, 3.8) is 0 Å². The first-order valence-electron chi connectivity index (χ1n) is 7.16. The van der Waals surface area contributed by atoms with Crippen molar-refractivity contribution in [2.45, 2.75) is 31.7 Å². The van der Waals surface area contributed by atoms with E-state index in [1.54, 1.807) is 12.3 Å². The maximum absolute atomic E-state index is 13.8. The van der Waals surface area contributed by atoms with Crippen molar-refractivity contribution in [3.05, 3.63) is 64.7 Å². The van der Waals surface area contributed by atoms with Crippen molar-refractivity contribution in [1.29, 1.82) is 0 Å². The number of halogens is 1. The number of hydrogen-bond acceptors (Lipinski definition) is 2. The molecule has 0 radical (unpaired) electrons. The summed E-state index contributed by atoms with van der Waals surface area (Å²) < 4.78 is 13.8. The van der Waals surface area contributed by atoms with Gasteiger partial charge in [-0.15, -0.1) is 0 Å². The smallest absolute Gasteiger partial charge is 0.146 e. The summed E-state index contributed by atoms with van der Waals surface area (Å²) in [5.74, 6) is -0.243. The molecule has 1 aromatic carbocycles. The Labute approximate surface area is 119 Å². The van der Waals surface area contributed by atoms with Crippen molar-refractivity contribution in [1.82, 2.24) is 10.3 Å². The van der Waals surface area contributed by atoms with Crippen LogP contribution in [0.5, 0.6) is 0 Å². The monoisotopic (exact) mass is 270 g/mol. The zero-order chi connectivity index (χ0) is 13.9. The third-order valence-corrected chi connectivity index (χ3v) is 4.07. The Morgan fingerprint density at radius 3 is 2.90 bits per heavy atom. The Morgan fingerprint density at radius 2 is 2.10 bits per heavy atom. The summed E-state index contributed by atoms with van der Waals surface area (Å²) in [5, 5.41) is 3.17. The maximum atomic E-state index is 13.8. The molecule has 2 aromatic rings. The lowest BCUT2D eigenvalue weighted by atomic mass is 9.99. The van der Waals surface area contributed by atoms with Gasteiger partial charge in [0.1, 0.15) is 5.82 Å². The van der Waals surface area contributed by atoms with E-state index >= 15 is 0 Å². The minimum absolute atomic E-state index is 0.0874. The molecular formula is C17H19FN2. The number of aromatic nitrogens is 1. The fraction of sp³-hybridized carbons (Fsp3) is 0.353. The fourth-order valence-corrected chi connectivity index (χ4v) is 2.98. The molecule has 1 aliphatic rings. The van der Waals surface area contributed by atoms with Gasteiger partial charge in [0.15, 0.2) is 0 Å². The van der Waals surface area contributed by atoms with Gasteiger partial charge in [0, 0.05) is 6.20 Å². The number of fused-ring (bicyclic) bond motifs is 1. The average molecular weight is 270 g/mol. The maximum Gasteiger partial charge on any atom is 0.146 e. The number of nitrogens with one attached hydrogen (secondary N) is 1. The Balaban J connectivity index is 1.83. The number of pyridine rings is 1. The molecule has 1 atom stereocenters. The highest BCUT2D eigenvalue weighted by Gasteiger charge is 2.17. The van der Waals surface area contributed by atoms with Gasteiger partial charge in [-0.3, -0.25) is 4.98 Å². The van der Waals surface area contributed by atoms with Gasteiger partial charge in [-0.25, -0.2) is 4.39 Å². The lowest BCUT2D eigenvalue weighted by Gasteiger charge is -2.17. The average Bonchev–Trinajstić information content (AvgIpc) is 2.93. The topological polar surface area (TPSA) is 24.9 Å². The Kier molecular flexibility index (Phi) is 3.79. The van der Waals surface area contributed by atoms with Gasteiger partial charge in [-0.2, -0.15) is 0 Å². The second-order valence-electron chi connectivity index (χ2n) is 5.37. The van der Waals surface area contributed by atoms with Crippen molar-refractivity contribution >= 4 is 0 Å². The highest BCUT2D eigenvalue weighted by Crippen LogP contribution is 2.25. The molecule has 104 valence electrons. The molecule has 0 aliphatic heterocycles. The number of hydrogen-bond donors (Lipinski definition) is 1. The summed E-state index contributed by atoms with van der Waals surface area (Å²) in [6.07, 6.45) is 6.03. The minimum atomic E-state index is -0.243. The van der Waals surface area contributed by atoms with Crippen molar-refractivity contribution in [3.8, 4) is 0 Å². The van der Waals surface area contributed by atoms with Crippen LogP contribution in [-0.4, -0.2) is 12.0 Å². The van der Waals surface area contributed by atoms with Crippen molar-refractivity contribution in [2.24, 2.45) is 0 Å². The van der Waals surface area contributed by atoms with E-state index in [0.717, 1.165) is 6.42 Å².